The standard InChI is InChI=1S/C15H23NO3/c1-10-6-12(8-15(2,3)7-10)19-14(17)13-5-4-11(9-16)18-13/h4-5,10,12H,6-9,16H2,1-3H3. The van der Waals surface area contributed by atoms with Gasteiger partial charge in [-0.15, -0.1) is 0 Å². The van der Waals surface area contributed by atoms with Gasteiger partial charge in [0.2, 0.25) is 5.76 Å². The number of ether oxygens (including phenoxy) is 1. The lowest BCUT2D eigenvalue weighted by atomic mass is 9.71. The van der Waals surface area contributed by atoms with Crippen LogP contribution in [0.25, 0.3) is 0 Å². The molecule has 1 aliphatic carbocycles. The van der Waals surface area contributed by atoms with Crippen LogP contribution in [0.3, 0.4) is 0 Å². The molecule has 1 aromatic heterocycles. The summed E-state index contributed by atoms with van der Waals surface area (Å²) in [5, 5.41) is 0. The van der Waals surface area contributed by atoms with Crippen LogP contribution in [-0.2, 0) is 11.3 Å². The van der Waals surface area contributed by atoms with Gasteiger partial charge in [0.15, 0.2) is 0 Å². The molecule has 0 aliphatic heterocycles. The molecule has 0 saturated heterocycles. The summed E-state index contributed by atoms with van der Waals surface area (Å²) in [6.07, 6.45) is 3.00. The first-order valence-electron chi connectivity index (χ1n) is 6.89. The molecule has 0 aromatic carbocycles. The highest BCUT2D eigenvalue weighted by atomic mass is 16.6. The Bertz CT molecular complexity index is 450. The molecular formula is C15H23NO3. The third-order valence-corrected chi connectivity index (χ3v) is 3.68. The van der Waals surface area contributed by atoms with E-state index in [1.165, 1.54) is 6.42 Å². The molecule has 2 N–H and O–H groups in total. The molecule has 2 atom stereocenters. The number of hydrogen-bond donors (Lipinski definition) is 1. The lowest BCUT2D eigenvalue weighted by Gasteiger charge is -2.38. The first kappa shape index (κ1) is 14.1. The van der Waals surface area contributed by atoms with E-state index in [1.54, 1.807) is 12.1 Å². The SMILES string of the molecule is CC1CC(OC(=O)c2ccc(CN)o2)CC(C)(C)C1. The van der Waals surface area contributed by atoms with Crippen LogP contribution in [-0.4, -0.2) is 12.1 Å². The van der Waals surface area contributed by atoms with Gasteiger partial charge >= 0.3 is 5.97 Å². The fourth-order valence-corrected chi connectivity index (χ4v) is 3.15. The Morgan fingerprint density at radius 3 is 2.79 bits per heavy atom. The lowest BCUT2D eigenvalue weighted by Crippen LogP contribution is -2.33. The number of nitrogens with two attached hydrogens (primary N) is 1. The summed E-state index contributed by atoms with van der Waals surface area (Å²) >= 11 is 0. The minimum absolute atomic E-state index is 0.0160. The van der Waals surface area contributed by atoms with Gasteiger partial charge in [0.25, 0.3) is 0 Å². The lowest BCUT2D eigenvalue weighted by molar-refractivity contribution is -0.00982. The number of carbonyl (C=O) groups is 1. The van der Waals surface area contributed by atoms with Crippen molar-refractivity contribution in [3.05, 3.63) is 23.7 Å². The summed E-state index contributed by atoms with van der Waals surface area (Å²) in [6, 6.07) is 3.34. The predicted octanol–water partition coefficient (Wildman–Crippen LogP) is 3.11. The Labute approximate surface area is 114 Å². The second-order valence-corrected chi connectivity index (χ2v) is 6.41. The molecule has 1 saturated carbocycles. The van der Waals surface area contributed by atoms with Gasteiger partial charge in [-0.05, 0) is 42.7 Å². The second-order valence-electron chi connectivity index (χ2n) is 6.41. The fourth-order valence-electron chi connectivity index (χ4n) is 3.15. The molecule has 0 bridgehead atoms. The molecule has 0 amide bonds. The Morgan fingerprint density at radius 1 is 1.47 bits per heavy atom. The molecule has 106 valence electrons. The van der Waals surface area contributed by atoms with Gasteiger partial charge in [0.05, 0.1) is 6.54 Å². The first-order chi connectivity index (χ1) is 8.89. The number of hydrogen-bond acceptors (Lipinski definition) is 4. The maximum absolute atomic E-state index is 12.0. The number of esters is 1. The molecular weight excluding hydrogens is 242 g/mol. The van der Waals surface area contributed by atoms with Crippen molar-refractivity contribution in [2.24, 2.45) is 17.1 Å². The zero-order chi connectivity index (χ0) is 14.0. The summed E-state index contributed by atoms with van der Waals surface area (Å²) in [5.41, 5.74) is 5.69. The smallest absolute Gasteiger partial charge is 0.374 e. The van der Waals surface area contributed by atoms with E-state index < -0.39 is 0 Å². The Hall–Kier alpha value is -1.29. The summed E-state index contributed by atoms with van der Waals surface area (Å²) in [6.45, 7) is 6.95. The largest absolute Gasteiger partial charge is 0.456 e. The number of carbonyl (C=O) groups excluding carboxylic acids is 1. The van der Waals surface area contributed by atoms with E-state index in [0.717, 1.165) is 12.8 Å². The van der Waals surface area contributed by atoms with Crippen molar-refractivity contribution >= 4 is 5.97 Å². The Morgan fingerprint density at radius 2 is 2.21 bits per heavy atom. The van der Waals surface area contributed by atoms with Crippen molar-refractivity contribution in [1.29, 1.82) is 0 Å². The molecule has 2 unspecified atom stereocenters. The van der Waals surface area contributed by atoms with Crippen molar-refractivity contribution in [1.82, 2.24) is 0 Å². The van der Waals surface area contributed by atoms with E-state index in [1.807, 2.05) is 0 Å². The zero-order valence-corrected chi connectivity index (χ0v) is 11.9. The topological polar surface area (TPSA) is 65.5 Å². The third-order valence-electron chi connectivity index (χ3n) is 3.68. The monoisotopic (exact) mass is 265 g/mol. The van der Waals surface area contributed by atoms with E-state index >= 15 is 0 Å². The molecule has 1 fully saturated rings. The zero-order valence-electron chi connectivity index (χ0n) is 11.9. The summed E-state index contributed by atoms with van der Waals surface area (Å²) in [7, 11) is 0. The van der Waals surface area contributed by atoms with E-state index in [0.29, 0.717) is 18.2 Å². The maximum atomic E-state index is 12.0. The van der Waals surface area contributed by atoms with Crippen molar-refractivity contribution < 1.29 is 13.9 Å². The van der Waals surface area contributed by atoms with Crippen LogP contribution >= 0.6 is 0 Å². The summed E-state index contributed by atoms with van der Waals surface area (Å²) < 4.78 is 10.9. The first-order valence-corrected chi connectivity index (χ1v) is 6.89. The highest BCUT2D eigenvalue weighted by molar-refractivity contribution is 5.86. The van der Waals surface area contributed by atoms with Gasteiger partial charge in [0, 0.05) is 0 Å². The molecule has 2 rings (SSSR count). The quantitative estimate of drug-likeness (QED) is 0.853. The van der Waals surface area contributed by atoms with Crippen LogP contribution in [0.15, 0.2) is 16.5 Å². The van der Waals surface area contributed by atoms with Gasteiger partial charge in [-0.1, -0.05) is 20.8 Å². The minimum atomic E-state index is -0.380. The second kappa shape index (κ2) is 5.37. The van der Waals surface area contributed by atoms with E-state index in [4.69, 9.17) is 14.9 Å². The molecule has 4 heteroatoms. The fraction of sp³-hybridized carbons (Fsp3) is 0.667. The average molecular weight is 265 g/mol. The van der Waals surface area contributed by atoms with E-state index in [2.05, 4.69) is 20.8 Å². The van der Waals surface area contributed by atoms with Crippen molar-refractivity contribution in [3.63, 3.8) is 0 Å². The molecule has 0 radical (unpaired) electrons. The van der Waals surface area contributed by atoms with Crippen LogP contribution in [0.1, 0.15) is 56.3 Å². The van der Waals surface area contributed by atoms with Crippen LogP contribution in [0.4, 0.5) is 0 Å². The van der Waals surface area contributed by atoms with E-state index in [9.17, 15) is 4.79 Å². The Kier molecular flexibility index (Phi) is 3.99. The average Bonchev–Trinajstić information content (AvgIpc) is 2.74. The predicted molar refractivity (Wildman–Crippen MR) is 72.6 cm³/mol. The van der Waals surface area contributed by atoms with Crippen molar-refractivity contribution in [2.75, 3.05) is 0 Å². The molecule has 4 nitrogen and oxygen atoms in total. The van der Waals surface area contributed by atoms with Crippen LogP contribution < -0.4 is 5.73 Å². The van der Waals surface area contributed by atoms with Gasteiger partial charge in [-0.3, -0.25) is 0 Å². The summed E-state index contributed by atoms with van der Waals surface area (Å²) in [5.74, 6) is 1.05. The van der Waals surface area contributed by atoms with E-state index in [-0.39, 0.29) is 23.2 Å². The van der Waals surface area contributed by atoms with Gasteiger partial charge in [0.1, 0.15) is 11.9 Å². The van der Waals surface area contributed by atoms with Crippen LogP contribution in [0.5, 0.6) is 0 Å². The molecule has 1 heterocycles. The summed E-state index contributed by atoms with van der Waals surface area (Å²) in [4.78, 5) is 12.0. The molecule has 19 heavy (non-hydrogen) atoms. The minimum Gasteiger partial charge on any atom is -0.456 e. The highest BCUT2D eigenvalue weighted by Crippen LogP contribution is 2.39. The number of rotatable bonds is 3. The molecule has 1 aliphatic rings. The Balaban J connectivity index is 1.98. The van der Waals surface area contributed by atoms with Crippen molar-refractivity contribution in [3.8, 4) is 0 Å². The number of furan rings is 1. The van der Waals surface area contributed by atoms with Crippen LogP contribution in [0.2, 0.25) is 0 Å². The molecule has 0 spiro atoms. The molecule has 1 aromatic rings. The van der Waals surface area contributed by atoms with Crippen molar-refractivity contribution in [2.45, 2.75) is 52.7 Å². The van der Waals surface area contributed by atoms with Crippen LogP contribution in [0, 0.1) is 11.3 Å². The van der Waals surface area contributed by atoms with Gasteiger partial charge in [-0.25, -0.2) is 4.79 Å². The highest BCUT2D eigenvalue weighted by Gasteiger charge is 2.34. The van der Waals surface area contributed by atoms with Gasteiger partial charge in [-0.2, -0.15) is 0 Å². The van der Waals surface area contributed by atoms with Gasteiger partial charge < -0.3 is 14.9 Å². The normalized spacial score (nSPS) is 26.1. The third kappa shape index (κ3) is 3.60. The maximum Gasteiger partial charge on any atom is 0.374 e.